The molecule has 1 amide bonds. The summed E-state index contributed by atoms with van der Waals surface area (Å²) in [6.45, 7) is 4.13. The van der Waals surface area contributed by atoms with Gasteiger partial charge in [-0.05, 0) is 49.6 Å². The topological polar surface area (TPSA) is 44.9 Å². The van der Waals surface area contributed by atoms with Gasteiger partial charge in [0.1, 0.15) is 0 Å². The summed E-state index contributed by atoms with van der Waals surface area (Å²) in [4.78, 5) is 15.7. The van der Waals surface area contributed by atoms with Gasteiger partial charge in [-0.1, -0.05) is 46.3 Å². The maximum atomic E-state index is 12.4. The quantitative estimate of drug-likeness (QED) is 0.662. The smallest absolute Gasteiger partial charge is 0.224 e. The van der Waals surface area contributed by atoms with Crippen LogP contribution >= 0.6 is 15.9 Å². The molecule has 0 aliphatic rings. The SMILES string of the molecule is CC(C)(Cc1c[nH]c2ccccc12)NC(=O)Cc1cccc(Br)c1. The van der Waals surface area contributed by atoms with Gasteiger partial charge in [-0.15, -0.1) is 0 Å². The number of aromatic nitrogens is 1. The predicted molar refractivity (Wildman–Crippen MR) is 102 cm³/mol. The van der Waals surface area contributed by atoms with Crippen molar-refractivity contribution < 1.29 is 4.79 Å². The third-order valence-corrected chi connectivity index (χ3v) is 4.53. The first-order valence-corrected chi connectivity index (χ1v) is 8.83. The fraction of sp³-hybridized carbons (Fsp3) is 0.250. The van der Waals surface area contributed by atoms with Crippen molar-refractivity contribution in [2.45, 2.75) is 32.2 Å². The van der Waals surface area contributed by atoms with E-state index in [1.54, 1.807) is 0 Å². The zero-order chi connectivity index (χ0) is 17.2. The molecule has 2 aromatic carbocycles. The van der Waals surface area contributed by atoms with Gasteiger partial charge in [0.05, 0.1) is 6.42 Å². The number of rotatable bonds is 5. The number of H-pyrrole nitrogens is 1. The van der Waals surface area contributed by atoms with Gasteiger partial charge in [0, 0.05) is 27.1 Å². The monoisotopic (exact) mass is 384 g/mol. The van der Waals surface area contributed by atoms with Gasteiger partial charge in [-0.2, -0.15) is 0 Å². The van der Waals surface area contributed by atoms with Crippen LogP contribution in [-0.4, -0.2) is 16.4 Å². The number of aromatic amines is 1. The van der Waals surface area contributed by atoms with E-state index >= 15 is 0 Å². The molecule has 2 N–H and O–H groups in total. The Kier molecular flexibility index (Phi) is 4.76. The third kappa shape index (κ3) is 4.06. The Morgan fingerprint density at radius 1 is 1.17 bits per heavy atom. The number of hydrogen-bond donors (Lipinski definition) is 2. The van der Waals surface area contributed by atoms with Crippen molar-refractivity contribution >= 4 is 32.7 Å². The second-order valence-electron chi connectivity index (χ2n) is 6.78. The lowest BCUT2D eigenvalue weighted by Gasteiger charge is -2.26. The molecule has 0 fully saturated rings. The van der Waals surface area contributed by atoms with Crippen molar-refractivity contribution in [3.63, 3.8) is 0 Å². The van der Waals surface area contributed by atoms with Crippen LogP contribution in [0, 0.1) is 0 Å². The Hall–Kier alpha value is -2.07. The van der Waals surface area contributed by atoms with Gasteiger partial charge in [-0.25, -0.2) is 0 Å². The van der Waals surface area contributed by atoms with E-state index in [4.69, 9.17) is 0 Å². The highest BCUT2D eigenvalue weighted by molar-refractivity contribution is 9.10. The molecule has 0 saturated carbocycles. The normalized spacial score (nSPS) is 11.6. The zero-order valence-corrected chi connectivity index (χ0v) is 15.5. The third-order valence-electron chi connectivity index (χ3n) is 4.04. The molecule has 0 spiro atoms. The van der Waals surface area contributed by atoms with Gasteiger partial charge in [0.25, 0.3) is 0 Å². The first kappa shape index (κ1) is 16.8. The van der Waals surface area contributed by atoms with Crippen LogP contribution in [-0.2, 0) is 17.6 Å². The van der Waals surface area contributed by atoms with Crippen molar-refractivity contribution in [3.8, 4) is 0 Å². The molecule has 0 bridgehead atoms. The Morgan fingerprint density at radius 3 is 2.75 bits per heavy atom. The van der Waals surface area contributed by atoms with Crippen molar-refractivity contribution in [1.82, 2.24) is 10.3 Å². The first-order chi connectivity index (χ1) is 11.4. The van der Waals surface area contributed by atoms with Crippen LogP contribution in [0.1, 0.15) is 25.0 Å². The van der Waals surface area contributed by atoms with E-state index in [9.17, 15) is 4.79 Å². The summed E-state index contributed by atoms with van der Waals surface area (Å²) in [7, 11) is 0. The van der Waals surface area contributed by atoms with Gasteiger partial charge in [-0.3, -0.25) is 4.79 Å². The fourth-order valence-corrected chi connectivity index (χ4v) is 3.50. The molecule has 124 valence electrons. The molecule has 24 heavy (non-hydrogen) atoms. The van der Waals surface area contributed by atoms with Crippen LogP contribution in [0.4, 0.5) is 0 Å². The van der Waals surface area contributed by atoms with Crippen LogP contribution in [0.2, 0.25) is 0 Å². The van der Waals surface area contributed by atoms with Crippen molar-refractivity contribution in [2.24, 2.45) is 0 Å². The Balaban J connectivity index is 1.68. The van der Waals surface area contributed by atoms with Gasteiger partial charge < -0.3 is 10.3 Å². The van der Waals surface area contributed by atoms with E-state index in [2.05, 4.69) is 52.2 Å². The highest BCUT2D eigenvalue weighted by atomic mass is 79.9. The Labute approximate surface area is 150 Å². The van der Waals surface area contributed by atoms with E-state index in [0.29, 0.717) is 6.42 Å². The van der Waals surface area contributed by atoms with Crippen molar-refractivity contribution in [2.75, 3.05) is 0 Å². The van der Waals surface area contributed by atoms with Gasteiger partial charge in [0.2, 0.25) is 5.91 Å². The Bertz CT molecular complexity index is 867. The zero-order valence-electron chi connectivity index (χ0n) is 13.9. The minimum absolute atomic E-state index is 0.0398. The summed E-state index contributed by atoms with van der Waals surface area (Å²) in [5.41, 5.74) is 3.04. The molecule has 0 radical (unpaired) electrons. The number of carbonyl (C=O) groups is 1. The summed E-state index contributed by atoms with van der Waals surface area (Å²) >= 11 is 3.44. The number of hydrogen-bond acceptors (Lipinski definition) is 1. The summed E-state index contributed by atoms with van der Waals surface area (Å²) in [6.07, 6.45) is 3.20. The largest absolute Gasteiger partial charge is 0.361 e. The lowest BCUT2D eigenvalue weighted by atomic mass is 9.94. The second-order valence-corrected chi connectivity index (χ2v) is 7.69. The van der Waals surface area contributed by atoms with Crippen molar-refractivity contribution in [1.29, 1.82) is 0 Å². The average Bonchev–Trinajstić information content (AvgIpc) is 2.89. The number of fused-ring (bicyclic) bond motifs is 1. The Morgan fingerprint density at radius 2 is 1.96 bits per heavy atom. The molecule has 0 aliphatic heterocycles. The van der Waals surface area contributed by atoms with Crippen LogP contribution in [0.5, 0.6) is 0 Å². The standard InChI is InChI=1S/C20H21BrN2O/c1-20(2,12-15-13-22-18-9-4-3-8-17(15)18)23-19(24)11-14-6-5-7-16(21)10-14/h3-10,13,22H,11-12H2,1-2H3,(H,23,24). The van der Waals surface area contributed by atoms with Crippen LogP contribution in [0.15, 0.2) is 59.2 Å². The average molecular weight is 385 g/mol. The molecule has 4 heteroatoms. The maximum Gasteiger partial charge on any atom is 0.224 e. The molecule has 3 aromatic rings. The maximum absolute atomic E-state index is 12.4. The molecular weight excluding hydrogens is 364 g/mol. The minimum Gasteiger partial charge on any atom is -0.361 e. The van der Waals surface area contributed by atoms with Crippen LogP contribution in [0.3, 0.4) is 0 Å². The number of para-hydroxylation sites is 1. The van der Waals surface area contributed by atoms with Gasteiger partial charge >= 0.3 is 0 Å². The summed E-state index contributed by atoms with van der Waals surface area (Å²) in [6, 6.07) is 16.1. The number of nitrogens with one attached hydrogen (secondary N) is 2. The molecule has 1 heterocycles. The molecule has 0 atom stereocenters. The molecular formula is C20H21BrN2O. The predicted octanol–water partition coefficient (Wildman–Crippen LogP) is 4.61. The summed E-state index contributed by atoms with van der Waals surface area (Å²) < 4.78 is 0.992. The van der Waals surface area contributed by atoms with Crippen LogP contribution < -0.4 is 5.32 Å². The van der Waals surface area contributed by atoms with Crippen molar-refractivity contribution in [3.05, 3.63) is 70.3 Å². The summed E-state index contributed by atoms with van der Waals surface area (Å²) in [5, 5.41) is 4.37. The molecule has 3 rings (SSSR count). The van der Waals surface area contributed by atoms with E-state index in [1.807, 2.05) is 42.6 Å². The number of benzene rings is 2. The highest BCUT2D eigenvalue weighted by Gasteiger charge is 2.22. The molecule has 0 saturated heterocycles. The highest BCUT2D eigenvalue weighted by Crippen LogP contribution is 2.22. The molecule has 0 aliphatic carbocycles. The second kappa shape index (κ2) is 6.81. The number of amides is 1. The molecule has 3 nitrogen and oxygen atoms in total. The minimum atomic E-state index is -0.311. The first-order valence-electron chi connectivity index (χ1n) is 8.03. The van der Waals surface area contributed by atoms with E-state index in [1.165, 1.54) is 10.9 Å². The lowest BCUT2D eigenvalue weighted by Crippen LogP contribution is -2.45. The van der Waals surface area contributed by atoms with Gasteiger partial charge in [0.15, 0.2) is 0 Å². The number of halogens is 1. The van der Waals surface area contributed by atoms with Crippen LogP contribution in [0.25, 0.3) is 10.9 Å². The molecule has 0 unspecified atom stereocenters. The molecule has 1 aromatic heterocycles. The van der Waals surface area contributed by atoms with E-state index in [-0.39, 0.29) is 11.4 Å². The van der Waals surface area contributed by atoms with E-state index < -0.39 is 0 Å². The lowest BCUT2D eigenvalue weighted by molar-refractivity contribution is -0.122. The fourth-order valence-electron chi connectivity index (χ4n) is 3.05. The number of carbonyl (C=O) groups excluding carboxylic acids is 1. The summed E-state index contributed by atoms with van der Waals surface area (Å²) in [5.74, 6) is 0.0398. The van der Waals surface area contributed by atoms with E-state index in [0.717, 1.165) is 22.0 Å².